The Bertz CT molecular complexity index is 542. The second-order valence-corrected chi connectivity index (χ2v) is 9.46. The fraction of sp³-hybridized carbons (Fsp3) is 0.611. The minimum Gasteiger partial charge on any atom is -0.382 e. The minimum atomic E-state index is -2.69. The van der Waals surface area contributed by atoms with E-state index in [-0.39, 0.29) is 5.78 Å². The highest BCUT2D eigenvalue weighted by Gasteiger charge is 2.40. The second-order valence-electron chi connectivity index (χ2n) is 6.37. The smallest absolute Gasteiger partial charge is 0.382 e. The van der Waals surface area contributed by atoms with Gasteiger partial charge in [-0.15, -0.1) is 0 Å². The number of hydrogen-bond donors (Lipinski definition) is 1. The molecule has 0 bridgehead atoms. The summed E-state index contributed by atoms with van der Waals surface area (Å²) in [5.74, 6) is -0.155. The van der Waals surface area contributed by atoms with E-state index in [1.54, 1.807) is 27.4 Å². The molecule has 1 saturated carbocycles. The summed E-state index contributed by atoms with van der Waals surface area (Å²) in [7, 11) is 2.06. The molecule has 1 N–H and O–H groups in total. The number of carbonyl (C=O) groups excluding carboxylic acids is 1. The molecule has 2 rings (SSSR count). The summed E-state index contributed by atoms with van der Waals surface area (Å²) < 4.78 is 16.4. The van der Waals surface area contributed by atoms with E-state index in [0.717, 1.165) is 24.8 Å². The van der Waals surface area contributed by atoms with Crippen molar-refractivity contribution in [2.75, 3.05) is 21.3 Å². The Morgan fingerprint density at radius 1 is 1.08 bits per heavy atom. The molecule has 1 aromatic rings. The Labute approximate surface area is 145 Å². The van der Waals surface area contributed by atoms with Crippen LogP contribution >= 0.6 is 0 Å². The molecule has 1 aliphatic rings. The van der Waals surface area contributed by atoms with Gasteiger partial charge < -0.3 is 18.4 Å². The highest BCUT2D eigenvalue weighted by atomic mass is 28.4. The van der Waals surface area contributed by atoms with Crippen molar-refractivity contribution in [1.82, 2.24) is 0 Å². The zero-order valence-corrected chi connectivity index (χ0v) is 15.8. The number of ketones is 1. The van der Waals surface area contributed by atoms with Gasteiger partial charge in [0.05, 0.1) is 0 Å². The number of aliphatic hydroxyl groups is 1. The van der Waals surface area contributed by atoms with Crippen LogP contribution in [0, 0.1) is 0 Å². The third-order valence-corrected chi connectivity index (χ3v) is 7.73. The number of aryl methyl sites for hydroxylation is 1. The molecule has 0 heterocycles. The molecule has 0 amide bonds. The Kier molecular flexibility index (Phi) is 6.71. The number of carbonyl (C=O) groups is 1. The highest BCUT2D eigenvalue weighted by Crippen LogP contribution is 2.32. The number of rotatable bonds is 8. The van der Waals surface area contributed by atoms with Gasteiger partial charge in [-0.25, -0.2) is 0 Å². The van der Waals surface area contributed by atoms with E-state index in [2.05, 4.69) is 0 Å². The molecule has 6 heteroatoms. The molecule has 0 spiro atoms. The molecule has 134 valence electrons. The van der Waals surface area contributed by atoms with Crippen LogP contribution in [0.3, 0.4) is 0 Å². The topological polar surface area (TPSA) is 65.0 Å². The maximum Gasteiger partial charge on any atom is 0.500 e. The predicted octanol–water partition coefficient (Wildman–Crippen LogP) is 2.99. The minimum absolute atomic E-state index is 0.155. The van der Waals surface area contributed by atoms with Crippen molar-refractivity contribution in [1.29, 1.82) is 0 Å². The molecule has 1 aromatic carbocycles. The lowest BCUT2D eigenvalue weighted by molar-refractivity contribution is 0.0115. The van der Waals surface area contributed by atoms with Gasteiger partial charge in [0.15, 0.2) is 5.78 Å². The molecule has 0 unspecified atom stereocenters. The summed E-state index contributed by atoms with van der Waals surface area (Å²) in [6.45, 7) is 0. The fourth-order valence-corrected chi connectivity index (χ4v) is 5.11. The van der Waals surface area contributed by atoms with Crippen molar-refractivity contribution >= 4 is 14.6 Å². The summed E-state index contributed by atoms with van der Waals surface area (Å²) in [5, 5.41) is 10.8. The first-order valence-electron chi connectivity index (χ1n) is 8.51. The van der Waals surface area contributed by atoms with Crippen molar-refractivity contribution < 1.29 is 23.2 Å². The summed E-state index contributed by atoms with van der Waals surface area (Å²) >= 11 is 0. The van der Waals surface area contributed by atoms with Gasteiger partial charge >= 0.3 is 8.80 Å². The van der Waals surface area contributed by atoms with Crippen LogP contribution in [0.5, 0.6) is 0 Å². The van der Waals surface area contributed by atoms with Gasteiger partial charge in [0, 0.05) is 32.9 Å². The molecular weight excluding hydrogens is 324 g/mol. The predicted molar refractivity (Wildman–Crippen MR) is 94.1 cm³/mol. The average Bonchev–Trinajstić information content (AvgIpc) is 2.64. The Morgan fingerprint density at radius 2 is 1.67 bits per heavy atom. The maximum atomic E-state index is 12.9. The third kappa shape index (κ3) is 4.13. The van der Waals surface area contributed by atoms with Crippen LogP contribution in [-0.2, 0) is 19.7 Å². The Hall–Kier alpha value is -1.05. The Morgan fingerprint density at radius 3 is 2.25 bits per heavy atom. The van der Waals surface area contributed by atoms with Gasteiger partial charge in [-0.1, -0.05) is 43.5 Å². The molecule has 0 radical (unpaired) electrons. The lowest BCUT2D eigenvalue weighted by Gasteiger charge is -2.31. The number of Topliss-reactive ketones (excluding diaryl/α,β-unsaturated/α-hetero) is 1. The summed E-state index contributed by atoms with van der Waals surface area (Å²) in [4.78, 5) is 12.9. The zero-order valence-electron chi connectivity index (χ0n) is 14.8. The van der Waals surface area contributed by atoms with Gasteiger partial charge in [-0.2, -0.15) is 0 Å². The van der Waals surface area contributed by atoms with E-state index in [0.29, 0.717) is 30.9 Å². The lowest BCUT2D eigenvalue weighted by Crippen LogP contribution is -2.43. The fourth-order valence-electron chi connectivity index (χ4n) is 3.42. The molecule has 0 aromatic heterocycles. The summed E-state index contributed by atoms with van der Waals surface area (Å²) in [5.41, 5.74) is 0.296. The number of hydrogen-bond acceptors (Lipinski definition) is 5. The third-order valence-electron chi connectivity index (χ3n) is 5.00. The van der Waals surface area contributed by atoms with Crippen molar-refractivity contribution in [2.45, 2.75) is 50.2 Å². The first kappa shape index (κ1) is 19.3. The molecule has 0 saturated heterocycles. The lowest BCUT2D eigenvalue weighted by atomic mass is 9.78. The van der Waals surface area contributed by atoms with Crippen LogP contribution in [-0.4, -0.2) is 46.6 Å². The summed E-state index contributed by atoms with van der Waals surface area (Å²) in [6, 6.07) is 8.07. The summed E-state index contributed by atoms with van der Waals surface area (Å²) in [6.07, 6.45) is 4.59. The molecule has 1 fully saturated rings. The standard InChI is InChI=1S/C18H28O5Si/c1-21-24(22-2,23-3)14-11-15-9-5-6-10-16(15)17(19)18(20)12-7-4-8-13-18/h5-6,9-10,20H,4,7-8,11-14H2,1-3H3. The normalized spacial score (nSPS) is 17.7. The SMILES string of the molecule is CO[Si](CCc1ccccc1C(=O)C1(O)CCCCC1)(OC)OC. The van der Waals surface area contributed by atoms with Gasteiger partial charge in [0.2, 0.25) is 0 Å². The van der Waals surface area contributed by atoms with Crippen LogP contribution in [0.1, 0.15) is 48.0 Å². The maximum absolute atomic E-state index is 12.9. The van der Waals surface area contributed by atoms with Crippen molar-refractivity contribution in [2.24, 2.45) is 0 Å². The van der Waals surface area contributed by atoms with Crippen LogP contribution < -0.4 is 0 Å². The van der Waals surface area contributed by atoms with Crippen LogP contribution in [0.15, 0.2) is 24.3 Å². The first-order valence-corrected chi connectivity index (χ1v) is 10.4. The van der Waals surface area contributed by atoms with Crippen LogP contribution in [0.4, 0.5) is 0 Å². The van der Waals surface area contributed by atoms with E-state index in [4.69, 9.17) is 13.3 Å². The first-order chi connectivity index (χ1) is 11.5. The van der Waals surface area contributed by atoms with Crippen molar-refractivity contribution in [3.05, 3.63) is 35.4 Å². The van der Waals surface area contributed by atoms with Crippen molar-refractivity contribution in [3.8, 4) is 0 Å². The van der Waals surface area contributed by atoms with Crippen LogP contribution in [0.2, 0.25) is 6.04 Å². The molecule has 5 nitrogen and oxygen atoms in total. The molecule has 24 heavy (non-hydrogen) atoms. The van der Waals surface area contributed by atoms with Crippen LogP contribution in [0.25, 0.3) is 0 Å². The van der Waals surface area contributed by atoms with Gasteiger partial charge in [0.25, 0.3) is 0 Å². The molecular formula is C18H28O5Si. The monoisotopic (exact) mass is 352 g/mol. The van der Waals surface area contributed by atoms with E-state index in [9.17, 15) is 9.90 Å². The van der Waals surface area contributed by atoms with Gasteiger partial charge in [-0.05, 0) is 24.8 Å². The largest absolute Gasteiger partial charge is 0.500 e. The van der Waals surface area contributed by atoms with E-state index in [1.807, 2.05) is 18.2 Å². The average molecular weight is 353 g/mol. The zero-order chi connectivity index (χ0) is 17.6. The molecule has 1 aliphatic carbocycles. The molecule has 0 aliphatic heterocycles. The highest BCUT2D eigenvalue weighted by molar-refractivity contribution is 6.60. The van der Waals surface area contributed by atoms with E-state index >= 15 is 0 Å². The molecule has 0 atom stereocenters. The quantitative estimate of drug-likeness (QED) is 0.575. The Balaban J connectivity index is 2.19. The van der Waals surface area contributed by atoms with E-state index < -0.39 is 14.4 Å². The van der Waals surface area contributed by atoms with Crippen molar-refractivity contribution in [3.63, 3.8) is 0 Å². The van der Waals surface area contributed by atoms with Gasteiger partial charge in [0.1, 0.15) is 5.60 Å². The van der Waals surface area contributed by atoms with Gasteiger partial charge in [-0.3, -0.25) is 4.79 Å². The van der Waals surface area contributed by atoms with E-state index in [1.165, 1.54) is 0 Å². The number of benzene rings is 1. The second kappa shape index (κ2) is 8.36.